The second-order valence-corrected chi connectivity index (χ2v) is 3.52. The zero-order chi connectivity index (χ0) is 12.7. The van der Waals surface area contributed by atoms with Crippen molar-refractivity contribution in [3.63, 3.8) is 0 Å². The average Bonchev–Trinajstić information content (AvgIpc) is 2.26. The zero-order valence-electron chi connectivity index (χ0n) is 9.90. The van der Waals surface area contributed by atoms with Crippen LogP contribution in [0.2, 0.25) is 0 Å². The lowest BCUT2D eigenvalue weighted by Crippen LogP contribution is -2.44. The van der Waals surface area contributed by atoms with Crippen LogP contribution in [-0.2, 0) is 23.9 Å². The van der Waals surface area contributed by atoms with Crippen LogP contribution in [0.3, 0.4) is 0 Å². The SMILES string of the molecule is COC(=O)C[C@H](NC(=O)C(C)C)C(=O)OC. The minimum absolute atomic E-state index is 0.234. The Hall–Kier alpha value is -1.59. The number of esters is 2. The van der Waals surface area contributed by atoms with E-state index in [2.05, 4.69) is 14.8 Å². The Morgan fingerprint density at radius 2 is 1.69 bits per heavy atom. The molecule has 0 saturated heterocycles. The van der Waals surface area contributed by atoms with Crippen LogP contribution >= 0.6 is 0 Å². The van der Waals surface area contributed by atoms with Crippen molar-refractivity contribution in [1.82, 2.24) is 5.32 Å². The van der Waals surface area contributed by atoms with E-state index in [0.29, 0.717) is 0 Å². The van der Waals surface area contributed by atoms with Crippen LogP contribution in [0.5, 0.6) is 0 Å². The molecule has 0 spiro atoms. The van der Waals surface area contributed by atoms with Gasteiger partial charge in [-0.3, -0.25) is 9.59 Å². The Bertz CT molecular complexity index is 274. The molecule has 92 valence electrons. The topological polar surface area (TPSA) is 81.7 Å². The highest BCUT2D eigenvalue weighted by Gasteiger charge is 2.25. The van der Waals surface area contributed by atoms with Gasteiger partial charge in [-0.1, -0.05) is 13.8 Å². The first-order valence-electron chi connectivity index (χ1n) is 4.87. The molecule has 6 heteroatoms. The Labute approximate surface area is 94.3 Å². The Kier molecular flexibility index (Phi) is 6.14. The van der Waals surface area contributed by atoms with Crippen molar-refractivity contribution in [2.75, 3.05) is 14.2 Å². The molecule has 0 rings (SSSR count). The van der Waals surface area contributed by atoms with E-state index in [1.165, 1.54) is 14.2 Å². The third-order valence-electron chi connectivity index (χ3n) is 1.93. The summed E-state index contributed by atoms with van der Waals surface area (Å²) in [4.78, 5) is 33.7. The third-order valence-corrected chi connectivity index (χ3v) is 1.93. The summed E-state index contributed by atoms with van der Waals surface area (Å²) in [6, 6.07) is -0.993. The minimum atomic E-state index is -0.993. The number of nitrogens with one attached hydrogen (secondary N) is 1. The Morgan fingerprint density at radius 1 is 1.12 bits per heavy atom. The summed E-state index contributed by atoms with van der Waals surface area (Å²) < 4.78 is 8.90. The van der Waals surface area contributed by atoms with Gasteiger partial charge in [0.1, 0.15) is 6.04 Å². The Balaban J connectivity index is 4.49. The van der Waals surface area contributed by atoms with E-state index in [1.54, 1.807) is 13.8 Å². The van der Waals surface area contributed by atoms with E-state index in [9.17, 15) is 14.4 Å². The standard InChI is InChI=1S/C10H17NO5/c1-6(2)9(13)11-7(10(14)16-4)5-8(12)15-3/h6-7H,5H2,1-4H3,(H,11,13)/t7-/m0/s1. The molecule has 16 heavy (non-hydrogen) atoms. The van der Waals surface area contributed by atoms with Gasteiger partial charge in [0.15, 0.2) is 0 Å². The molecular formula is C10H17NO5. The summed E-state index contributed by atoms with van der Waals surface area (Å²) in [5.41, 5.74) is 0. The summed E-state index contributed by atoms with van der Waals surface area (Å²) in [5, 5.41) is 2.42. The maximum absolute atomic E-state index is 11.4. The summed E-state index contributed by atoms with van der Waals surface area (Å²) in [7, 11) is 2.40. The maximum Gasteiger partial charge on any atom is 0.328 e. The second kappa shape index (κ2) is 6.81. The van der Waals surface area contributed by atoms with Crippen molar-refractivity contribution in [2.45, 2.75) is 26.3 Å². The summed E-state index contributed by atoms with van der Waals surface area (Å²) in [5.74, 6) is -1.84. The first kappa shape index (κ1) is 14.4. The molecule has 0 heterocycles. The lowest BCUT2D eigenvalue weighted by Gasteiger charge is -2.16. The predicted octanol–water partition coefficient (Wildman–Crippen LogP) is -0.137. The van der Waals surface area contributed by atoms with Crippen molar-refractivity contribution < 1.29 is 23.9 Å². The average molecular weight is 231 g/mol. The Morgan fingerprint density at radius 3 is 2.06 bits per heavy atom. The fraction of sp³-hybridized carbons (Fsp3) is 0.700. The van der Waals surface area contributed by atoms with Gasteiger partial charge in [-0.15, -0.1) is 0 Å². The summed E-state index contributed by atoms with van der Waals surface area (Å²) in [6.45, 7) is 3.36. The van der Waals surface area contributed by atoms with Gasteiger partial charge in [0, 0.05) is 5.92 Å². The molecule has 1 atom stereocenters. The molecule has 0 saturated carbocycles. The largest absolute Gasteiger partial charge is 0.469 e. The van der Waals surface area contributed by atoms with Crippen LogP contribution in [0.25, 0.3) is 0 Å². The molecule has 0 aromatic carbocycles. The molecule has 6 nitrogen and oxygen atoms in total. The van der Waals surface area contributed by atoms with E-state index in [0.717, 1.165) is 0 Å². The van der Waals surface area contributed by atoms with Crippen LogP contribution in [-0.4, -0.2) is 38.1 Å². The fourth-order valence-corrected chi connectivity index (χ4v) is 0.924. The van der Waals surface area contributed by atoms with Crippen LogP contribution in [0.1, 0.15) is 20.3 Å². The maximum atomic E-state index is 11.4. The molecule has 1 N–H and O–H groups in total. The number of amides is 1. The number of rotatable bonds is 5. The zero-order valence-corrected chi connectivity index (χ0v) is 9.90. The van der Waals surface area contributed by atoms with Crippen LogP contribution < -0.4 is 5.32 Å². The van der Waals surface area contributed by atoms with Crippen molar-refractivity contribution in [1.29, 1.82) is 0 Å². The van der Waals surface area contributed by atoms with Crippen LogP contribution in [0.4, 0.5) is 0 Å². The van der Waals surface area contributed by atoms with E-state index in [4.69, 9.17) is 0 Å². The van der Waals surface area contributed by atoms with Gasteiger partial charge >= 0.3 is 11.9 Å². The molecule has 0 fully saturated rings. The third kappa shape index (κ3) is 4.77. The van der Waals surface area contributed by atoms with Gasteiger partial charge in [-0.25, -0.2) is 4.79 Å². The van der Waals surface area contributed by atoms with Gasteiger partial charge in [0.25, 0.3) is 0 Å². The monoisotopic (exact) mass is 231 g/mol. The van der Waals surface area contributed by atoms with Crippen molar-refractivity contribution >= 4 is 17.8 Å². The van der Waals surface area contributed by atoms with Crippen molar-refractivity contribution in [3.05, 3.63) is 0 Å². The van der Waals surface area contributed by atoms with E-state index < -0.39 is 18.0 Å². The van der Waals surface area contributed by atoms with E-state index in [1.807, 2.05) is 0 Å². The first-order valence-corrected chi connectivity index (χ1v) is 4.87. The molecule has 1 amide bonds. The normalized spacial score (nSPS) is 11.8. The second-order valence-electron chi connectivity index (χ2n) is 3.52. The van der Waals surface area contributed by atoms with Crippen LogP contribution in [0, 0.1) is 5.92 Å². The predicted molar refractivity (Wildman–Crippen MR) is 55.4 cm³/mol. The number of carbonyl (C=O) groups excluding carboxylic acids is 3. The van der Waals surface area contributed by atoms with Gasteiger partial charge in [0.05, 0.1) is 20.6 Å². The number of carbonyl (C=O) groups is 3. The van der Waals surface area contributed by atoms with E-state index >= 15 is 0 Å². The molecule has 0 unspecified atom stereocenters. The molecule has 0 bridgehead atoms. The number of methoxy groups -OCH3 is 2. The van der Waals surface area contributed by atoms with Gasteiger partial charge in [-0.2, -0.15) is 0 Å². The highest BCUT2D eigenvalue weighted by molar-refractivity contribution is 5.88. The lowest BCUT2D eigenvalue weighted by atomic mass is 10.1. The van der Waals surface area contributed by atoms with Gasteiger partial charge in [-0.05, 0) is 0 Å². The number of hydrogen-bond acceptors (Lipinski definition) is 5. The van der Waals surface area contributed by atoms with Gasteiger partial charge in [0.2, 0.25) is 5.91 Å². The summed E-state index contributed by atoms with van der Waals surface area (Å²) in [6.07, 6.45) is -0.234. The molecule has 0 radical (unpaired) electrons. The smallest absolute Gasteiger partial charge is 0.328 e. The molecule has 0 aromatic heterocycles. The molecule has 0 aliphatic heterocycles. The highest BCUT2D eigenvalue weighted by atomic mass is 16.5. The quantitative estimate of drug-likeness (QED) is 0.666. The first-order chi connectivity index (χ1) is 7.42. The summed E-state index contributed by atoms with van der Waals surface area (Å²) >= 11 is 0. The van der Waals surface area contributed by atoms with Crippen molar-refractivity contribution in [3.8, 4) is 0 Å². The number of hydrogen-bond donors (Lipinski definition) is 1. The molecule has 0 aliphatic rings. The van der Waals surface area contributed by atoms with Crippen LogP contribution in [0.15, 0.2) is 0 Å². The van der Waals surface area contributed by atoms with Gasteiger partial charge < -0.3 is 14.8 Å². The highest BCUT2D eigenvalue weighted by Crippen LogP contribution is 2.00. The molecular weight excluding hydrogens is 214 g/mol. The molecule has 0 aromatic rings. The minimum Gasteiger partial charge on any atom is -0.469 e. The lowest BCUT2D eigenvalue weighted by molar-refractivity contribution is -0.151. The fourth-order valence-electron chi connectivity index (χ4n) is 0.924. The number of ether oxygens (including phenoxy) is 2. The van der Waals surface area contributed by atoms with Crippen molar-refractivity contribution in [2.24, 2.45) is 5.92 Å². The van der Waals surface area contributed by atoms with E-state index in [-0.39, 0.29) is 18.2 Å². The molecule has 0 aliphatic carbocycles.